The number of nitrogens with one attached hydrogen (secondary N) is 2. The number of fused-ring (bicyclic) bond motifs is 1. The number of rotatable bonds is 5. The van der Waals surface area contributed by atoms with E-state index in [2.05, 4.69) is 16.4 Å². The fourth-order valence-corrected chi connectivity index (χ4v) is 4.55. The molecule has 1 aromatic heterocycles. The average Bonchev–Trinajstić information content (AvgIpc) is 2.81. The first kappa shape index (κ1) is 21.9. The summed E-state index contributed by atoms with van der Waals surface area (Å²) in [7, 11) is 1.61. The number of amides is 2. The summed E-state index contributed by atoms with van der Waals surface area (Å²) in [6.45, 7) is 4.32. The molecule has 0 unspecified atom stereocenters. The summed E-state index contributed by atoms with van der Waals surface area (Å²) in [5.41, 5.74) is 4.19. The monoisotopic (exact) mass is 433 g/mol. The highest BCUT2D eigenvalue weighted by Gasteiger charge is 2.27. The number of hydrogen-bond acceptors (Lipinski definition) is 3. The van der Waals surface area contributed by atoms with E-state index in [1.54, 1.807) is 7.11 Å². The van der Waals surface area contributed by atoms with Crippen LogP contribution >= 0.6 is 0 Å². The molecule has 6 heteroatoms. The lowest BCUT2D eigenvalue weighted by Gasteiger charge is -2.34. The number of urea groups is 1. The first-order chi connectivity index (χ1) is 15.5. The fraction of sp³-hybridized carbons (Fsp3) is 0.385. The minimum Gasteiger partial charge on any atom is -0.497 e. The van der Waals surface area contributed by atoms with Crippen LogP contribution < -0.4 is 15.6 Å². The molecule has 0 atom stereocenters. The van der Waals surface area contributed by atoms with E-state index in [-0.39, 0.29) is 24.2 Å². The Morgan fingerprint density at radius 1 is 1.06 bits per heavy atom. The highest BCUT2D eigenvalue weighted by Crippen LogP contribution is 2.26. The van der Waals surface area contributed by atoms with Gasteiger partial charge in [0.15, 0.2) is 0 Å². The summed E-state index contributed by atoms with van der Waals surface area (Å²) < 4.78 is 5.20. The van der Waals surface area contributed by atoms with Crippen molar-refractivity contribution in [3.05, 3.63) is 69.5 Å². The fourth-order valence-electron chi connectivity index (χ4n) is 4.55. The third kappa shape index (κ3) is 4.64. The summed E-state index contributed by atoms with van der Waals surface area (Å²) in [6.07, 6.45) is 5.31. The Labute approximate surface area is 188 Å². The van der Waals surface area contributed by atoms with Gasteiger partial charge in [0.1, 0.15) is 5.75 Å². The van der Waals surface area contributed by atoms with Gasteiger partial charge in [-0.25, -0.2) is 4.79 Å². The van der Waals surface area contributed by atoms with Crippen molar-refractivity contribution in [3.8, 4) is 5.75 Å². The quantitative estimate of drug-likeness (QED) is 0.556. The maximum Gasteiger partial charge on any atom is 0.322 e. The van der Waals surface area contributed by atoms with Crippen molar-refractivity contribution in [2.75, 3.05) is 12.4 Å². The molecule has 1 aliphatic carbocycles. The van der Waals surface area contributed by atoms with Gasteiger partial charge in [0, 0.05) is 22.7 Å². The Bertz CT molecular complexity index is 1160. The summed E-state index contributed by atoms with van der Waals surface area (Å²) >= 11 is 0. The molecule has 4 rings (SSSR count). The number of methoxy groups -OCH3 is 1. The molecular formula is C26H31N3O3. The second-order valence-corrected chi connectivity index (χ2v) is 8.69. The Kier molecular flexibility index (Phi) is 6.49. The van der Waals surface area contributed by atoms with E-state index in [0.29, 0.717) is 11.3 Å². The van der Waals surface area contributed by atoms with Gasteiger partial charge in [-0.05, 0) is 68.1 Å². The number of aromatic amines is 1. The second kappa shape index (κ2) is 9.47. The van der Waals surface area contributed by atoms with Gasteiger partial charge in [-0.15, -0.1) is 0 Å². The predicted octanol–water partition coefficient (Wildman–Crippen LogP) is 5.52. The first-order valence-electron chi connectivity index (χ1n) is 11.3. The molecule has 0 radical (unpaired) electrons. The van der Waals surface area contributed by atoms with E-state index in [0.717, 1.165) is 53.5 Å². The molecule has 0 bridgehead atoms. The van der Waals surface area contributed by atoms with Crippen LogP contribution in [0.5, 0.6) is 5.75 Å². The second-order valence-electron chi connectivity index (χ2n) is 8.69. The van der Waals surface area contributed by atoms with Crippen LogP contribution in [0.3, 0.4) is 0 Å². The molecule has 168 valence electrons. The predicted molar refractivity (Wildman–Crippen MR) is 128 cm³/mol. The first-order valence-corrected chi connectivity index (χ1v) is 11.3. The Morgan fingerprint density at radius 3 is 2.44 bits per heavy atom. The lowest BCUT2D eigenvalue weighted by atomic mass is 9.94. The number of hydrogen-bond donors (Lipinski definition) is 2. The molecule has 1 aliphatic rings. The van der Waals surface area contributed by atoms with Crippen molar-refractivity contribution in [1.82, 2.24) is 9.88 Å². The lowest BCUT2D eigenvalue weighted by molar-refractivity contribution is 0.162. The van der Waals surface area contributed by atoms with Gasteiger partial charge in [0.2, 0.25) is 0 Å². The van der Waals surface area contributed by atoms with E-state index < -0.39 is 0 Å². The summed E-state index contributed by atoms with van der Waals surface area (Å²) in [6, 6.07) is 13.3. The molecule has 0 spiro atoms. The zero-order chi connectivity index (χ0) is 22.7. The maximum atomic E-state index is 13.3. The standard InChI is InChI=1S/C26H31N3O3/c1-17-9-10-18(2)24-23(17)15-19(25(30)28-24)16-29(21-7-5-4-6-8-21)26(31)27-20-11-13-22(32-3)14-12-20/h9-15,21H,4-8,16H2,1-3H3,(H,27,31)(H,28,30). The molecule has 3 aromatic rings. The molecule has 0 saturated heterocycles. The van der Waals surface area contributed by atoms with Crippen LogP contribution in [0.2, 0.25) is 0 Å². The van der Waals surface area contributed by atoms with E-state index in [9.17, 15) is 9.59 Å². The van der Waals surface area contributed by atoms with Crippen LogP contribution in [-0.2, 0) is 6.54 Å². The van der Waals surface area contributed by atoms with Crippen molar-refractivity contribution in [3.63, 3.8) is 0 Å². The van der Waals surface area contributed by atoms with Crippen LogP contribution in [0.25, 0.3) is 10.9 Å². The summed E-state index contributed by atoms with van der Waals surface area (Å²) in [5, 5.41) is 4.03. The average molecular weight is 434 g/mol. The number of aromatic nitrogens is 1. The van der Waals surface area contributed by atoms with E-state index >= 15 is 0 Å². The molecule has 2 N–H and O–H groups in total. The number of anilines is 1. The molecule has 6 nitrogen and oxygen atoms in total. The smallest absolute Gasteiger partial charge is 0.322 e. The van der Waals surface area contributed by atoms with Crippen molar-refractivity contribution in [2.45, 2.75) is 58.5 Å². The largest absolute Gasteiger partial charge is 0.497 e. The Hall–Kier alpha value is -3.28. The molecule has 2 amide bonds. The van der Waals surface area contributed by atoms with Gasteiger partial charge in [0.25, 0.3) is 5.56 Å². The number of aryl methyl sites for hydroxylation is 2. The highest BCUT2D eigenvalue weighted by atomic mass is 16.5. The Morgan fingerprint density at radius 2 is 1.75 bits per heavy atom. The van der Waals surface area contributed by atoms with Gasteiger partial charge in [-0.1, -0.05) is 31.4 Å². The van der Waals surface area contributed by atoms with E-state index in [4.69, 9.17) is 4.74 Å². The minimum atomic E-state index is -0.178. The molecular weight excluding hydrogens is 402 g/mol. The third-order valence-electron chi connectivity index (χ3n) is 6.48. The van der Waals surface area contributed by atoms with Crippen LogP contribution in [0, 0.1) is 13.8 Å². The number of nitrogens with zero attached hydrogens (tertiary/aromatic N) is 1. The van der Waals surface area contributed by atoms with Crippen LogP contribution in [-0.4, -0.2) is 29.1 Å². The normalized spacial score (nSPS) is 14.3. The number of benzene rings is 2. The Balaban J connectivity index is 1.64. The van der Waals surface area contributed by atoms with Crippen molar-refractivity contribution in [1.29, 1.82) is 0 Å². The zero-order valence-electron chi connectivity index (χ0n) is 19.0. The highest BCUT2D eigenvalue weighted by molar-refractivity contribution is 5.90. The number of carbonyl (C=O) groups excluding carboxylic acids is 1. The van der Waals surface area contributed by atoms with Gasteiger partial charge < -0.3 is 19.9 Å². The molecule has 1 fully saturated rings. The van der Waals surface area contributed by atoms with Gasteiger partial charge in [-0.2, -0.15) is 0 Å². The molecule has 0 aliphatic heterocycles. The number of H-pyrrole nitrogens is 1. The van der Waals surface area contributed by atoms with Crippen molar-refractivity contribution in [2.24, 2.45) is 0 Å². The van der Waals surface area contributed by atoms with Crippen LogP contribution in [0.4, 0.5) is 10.5 Å². The topological polar surface area (TPSA) is 74.4 Å². The number of ether oxygens (including phenoxy) is 1. The van der Waals surface area contributed by atoms with Gasteiger partial charge >= 0.3 is 6.03 Å². The summed E-state index contributed by atoms with van der Waals surface area (Å²) in [4.78, 5) is 31.2. The van der Waals surface area contributed by atoms with Crippen LogP contribution in [0.15, 0.2) is 47.3 Å². The number of carbonyl (C=O) groups is 1. The van der Waals surface area contributed by atoms with Crippen LogP contribution in [0.1, 0.15) is 48.8 Å². The number of pyridine rings is 1. The molecule has 32 heavy (non-hydrogen) atoms. The van der Waals surface area contributed by atoms with Crippen molar-refractivity contribution >= 4 is 22.6 Å². The molecule has 2 aromatic carbocycles. The summed E-state index contributed by atoms with van der Waals surface area (Å²) in [5.74, 6) is 0.737. The molecule has 1 heterocycles. The van der Waals surface area contributed by atoms with Gasteiger partial charge in [-0.3, -0.25) is 4.79 Å². The van der Waals surface area contributed by atoms with Gasteiger partial charge in [0.05, 0.1) is 19.2 Å². The third-order valence-corrected chi connectivity index (χ3v) is 6.48. The van der Waals surface area contributed by atoms with E-state index in [1.807, 2.05) is 55.1 Å². The minimum absolute atomic E-state index is 0.121. The molecule has 1 saturated carbocycles. The van der Waals surface area contributed by atoms with E-state index in [1.165, 1.54) is 6.42 Å². The maximum absolute atomic E-state index is 13.3. The van der Waals surface area contributed by atoms with Crippen molar-refractivity contribution < 1.29 is 9.53 Å². The lowest BCUT2D eigenvalue weighted by Crippen LogP contribution is -2.44. The zero-order valence-corrected chi connectivity index (χ0v) is 19.0. The SMILES string of the molecule is COc1ccc(NC(=O)N(Cc2cc3c(C)ccc(C)c3[nH]c2=O)C2CCCCC2)cc1.